The summed E-state index contributed by atoms with van der Waals surface area (Å²) in [5.41, 5.74) is 2.68. The zero-order chi connectivity index (χ0) is 24.5. The van der Waals surface area contributed by atoms with Crippen molar-refractivity contribution in [2.45, 2.75) is 0 Å². The normalized spacial score (nSPS) is 9.55. The van der Waals surface area contributed by atoms with E-state index >= 15 is 0 Å². The molecule has 0 saturated carbocycles. The van der Waals surface area contributed by atoms with Crippen molar-refractivity contribution in [3.8, 4) is 11.3 Å². The van der Waals surface area contributed by atoms with E-state index in [1.165, 1.54) is 6.08 Å². The molecular weight excluding hydrogens is 423 g/mol. The van der Waals surface area contributed by atoms with Crippen molar-refractivity contribution < 1.29 is 18.8 Å². The van der Waals surface area contributed by atoms with Gasteiger partial charge < -0.3 is 20.7 Å². The lowest BCUT2D eigenvalue weighted by atomic mass is 10.0. The molecule has 0 unspecified atom stereocenters. The summed E-state index contributed by atoms with van der Waals surface area (Å²) >= 11 is 0. The minimum absolute atomic E-state index is 0.260. The Balaban J connectivity index is 0.000000460. The second-order valence-corrected chi connectivity index (χ2v) is 6.52. The zero-order valence-electron chi connectivity index (χ0n) is 18.8. The Bertz CT molecular complexity index is 1050. The summed E-state index contributed by atoms with van der Waals surface area (Å²) in [5.74, 6) is -0.260. The van der Waals surface area contributed by atoms with Crippen LogP contribution in [0.4, 0.5) is 10.1 Å². The molecule has 0 atom stereocenters. The standard InChI is InChI=1S/C19H14N2O2.C3H8FN.C3H7NO/c1-2-19(23)21-18-8-3-5-13-9-10-14(11-16(13)18)17-7-4-6-15(12-22)20-17;1-5-3-2-4;1-4-2-3-5/h2-12H,1H2,(H,21,23);5H,2-3H2,1H3;3-4H,2H2,1H3. The number of likely N-dealkylation sites (N-methyl/N-ethyl adjacent to an activating group) is 1. The maximum absolute atomic E-state index is 11.6. The highest BCUT2D eigenvalue weighted by Gasteiger charge is 2.07. The SMILES string of the molecule is C=CC(=O)Nc1cccc2ccc(-c3cccc(C=O)n3)cc12.CNCC=O.CNCCF. The third-order valence-corrected chi connectivity index (χ3v) is 4.14. The predicted octanol–water partition coefficient (Wildman–Crippen LogP) is 3.42. The molecular formula is C25H29FN4O3. The van der Waals surface area contributed by atoms with E-state index in [1.807, 2.05) is 42.5 Å². The van der Waals surface area contributed by atoms with Crippen LogP contribution in [0, 0.1) is 0 Å². The predicted molar refractivity (Wildman–Crippen MR) is 131 cm³/mol. The van der Waals surface area contributed by atoms with E-state index in [9.17, 15) is 18.8 Å². The van der Waals surface area contributed by atoms with Gasteiger partial charge in [0, 0.05) is 23.2 Å². The van der Waals surface area contributed by atoms with Crippen LogP contribution in [-0.2, 0) is 9.59 Å². The second kappa shape index (κ2) is 16.0. The lowest BCUT2D eigenvalue weighted by Gasteiger charge is -2.09. The van der Waals surface area contributed by atoms with Crippen molar-refractivity contribution in [2.75, 3.05) is 39.2 Å². The third kappa shape index (κ3) is 9.51. The minimum atomic E-state index is -0.267. The number of benzene rings is 2. The van der Waals surface area contributed by atoms with Crippen molar-refractivity contribution in [3.05, 3.63) is 72.9 Å². The van der Waals surface area contributed by atoms with E-state index in [-0.39, 0.29) is 12.6 Å². The summed E-state index contributed by atoms with van der Waals surface area (Å²) < 4.78 is 10.9. The van der Waals surface area contributed by atoms with Crippen LogP contribution in [0.5, 0.6) is 0 Å². The van der Waals surface area contributed by atoms with E-state index in [0.29, 0.717) is 30.2 Å². The fourth-order valence-corrected chi connectivity index (χ4v) is 2.58. The maximum Gasteiger partial charge on any atom is 0.247 e. The van der Waals surface area contributed by atoms with Crippen LogP contribution >= 0.6 is 0 Å². The molecule has 0 saturated heterocycles. The number of fused-ring (bicyclic) bond motifs is 1. The molecule has 1 heterocycles. The van der Waals surface area contributed by atoms with Crippen LogP contribution in [0.3, 0.4) is 0 Å². The van der Waals surface area contributed by atoms with Gasteiger partial charge in [0.1, 0.15) is 18.7 Å². The van der Waals surface area contributed by atoms with Gasteiger partial charge in [-0.1, -0.05) is 36.9 Å². The number of halogens is 1. The van der Waals surface area contributed by atoms with Crippen molar-refractivity contribution in [3.63, 3.8) is 0 Å². The van der Waals surface area contributed by atoms with Crippen molar-refractivity contribution in [1.29, 1.82) is 0 Å². The Kier molecular flexibility index (Phi) is 13.2. The third-order valence-electron chi connectivity index (χ3n) is 4.14. The first-order valence-corrected chi connectivity index (χ1v) is 10.2. The van der Waals surface area contributed by atoms with Gasteiger partial charge in [-0.15, -0.1) is 0 Å². The Hall–Kier alpha value is -3.75. The first-order chi connectivity index (χ1) is 16.0. The van der Waals surface area contributed by atoms with Gasteiger partial charge in [-0.2, -0.15) is 0 Å². The molecule has 8 heteroatoms. The molecule has 2 aromatic carbocycles. The lowest BCUT2D eigenvalue weighted by Crippen LogP contribution is -2.08. The number of amides is 1. The van der Waals surface area contributed by atoms with Gasteiger partial charge in [-0.05, 0) is 49.8 Å². The first kappa shape index (κ1) is 27.3. The number of carbonyl (C=O) groups excluding carboxylic acids is 3. The summed E-state index contributed by atoms with van der Waals surface area (Å²) in [6.45, 7) is 4.13. The average Bonchev–Trinajstić information content (AvgIpc) is 2.85. The molecule has 0 aliphatic rings. The molecule has 3 aromatic rings. The van der Waals surface area contributed by atoms with Crippen molar-refractivity contribution >= 4 is 34.9 Å². The molecule has 33 heavy (non-hydrogen) atoms. The number of rotatable bonds is 8. The number of aldehydes is 2. The summed E-state index contributed by atoms with van der Waals surface area (Å²) in [6, 6.07) is 16.8. The Morgan fingerprint density at radius 2 is 1.82 bits per heavy atom. The van der Waals surface area contributed by atoms with E-state index in [0.717, 1.165) is 28.9 Å². The van der Waals surface area contributed by atoms with Crippen LogP contribution in [0.2, 0.25) is 0 Å². The summed E-state index contributed by atoms with van der Waals surface area (Å²) in [4.78, 5) is 36.1. The number of hydrogen-bond acceptors (Lipinski definition) is 6. The van der Waals surface area contributed by atoms with Crippen LogP contribution < -0.4 is 16.0 Å². The minimum Gasteiger partial charge on any atom is -0.322 e. The van der Waals surface area contributed by atoms with Crippen LogP contribution in [0.1, 0.15) is 10.5 Å². The number of hydrogen-bond donors (Lipinski definition) is 3. The maximum atomic E-state index is 11.6. The van der Waals surface area contributed by atoms with E-state index in [1.54, 1.807) is 26.2 Å². The van der Waals surface area contributed by atoms with E-state index in [2.05, 4.69) is 27.5 Å². The van der Waals surface area contributed by atoms with E-state index < -0.39 is 0 Å². The monoisotopic (exact) mass is 452 g/mol. The molecule has 0 bridgehead atoms. The number of nitrogens with zero attached hydrogens (tertiary/aromatic N) is 1. The van der Waals surface area contributed by atoms with Crippen molar-refractivity contribution in [1.82, 2.24) is 15.6 Å². The van der Waals surface area contributed by atoms with Crippen molar-refractivity contribution in [2.24, 2.45) is 0 Å². The number of nitrogens with one attached hydrogen (secondary N) is 3. The summed E-state index contributed by atoms with van der Waals surface area (Å²) in [7, 11) is 3.45. The van der Waals surface area contributed by atoms with Gasteiger partial charge in [0.2, 0.25) is 5.91 Å². The fourth-order valence-electron chi connectivity index (χ4n) is 2.58. The largest absolute Gasteiger partial charge is 0.322 e. The molecule has 0 spiro atoms. The number of anilines is 1. The Labute approximate surface area is 193 Å². The molecule has 174 valence electrons. The lowest BCUT2D eigenvalue weighted by molar-refractivity contribution is -0.112. The fraction of sp³-hybridized carbons (Fsp3) is 0.200. The highest BCUT2D eigenvalue weighted by Crippen LogP contribution is 2.28. The van der Waals surface area contributed by atoms with Gasteiger partial charge in [0.25, 0.3) is 0 Å². The molecule has 1 aromatic heterocycles. The molecule has 0 radical (unpaired) electrons. The van der Waals surface area contributed by atoms with Gasteiger partial charge >= 0.3 is 0 Å². The topological polar surface area (TPSA) is 100 Å². The quantitative estimate of drug-likeness (QED) is 0.358. The molecule has 0 aliphatic carbocycles. The smallest absolute Gasteiger partial charge is 0.247 e. The number of carbonyl (C=O) groups is 3. The van der Waals surface area contributed by atoms with E-state index in [4.69, 9.17) is 0 Å². The Morgan fingerprint density at radius 1 is 1.06 bits per heavy atom. The van der Waals surface area contributed by atoms with Crippen LogP contribution in [0.25, 0.3) is 22.0 Å². The number of alkyl halides is 1. The highest BCUT2D eigenvalue weighted by atomic mass is 19.1. The van der Waals surface area contributed by atoms with Gasteiger partial charge in [-0.3, -0.25) is 9.59 Å². The second-order valence-electron chi connectivity index (χ2n) is 6.52. The molecule has 3 rings (SSSR count). The number of aromatic nitrogens is 1. The molecule has 0 aliphatic heterocycles. The number of pyridine rings is 1. The van der Waals surface area contributed by atoms with Gasteiger partial charge in [0.15, 0.2) is 6.29 Å². The molecule has 1 amide bonds. The van der Waals surface area contributed by atoms with Crippen LogP contribution in [0.15, 0.2) is 67.3 Å². The first-order valence-electron chi connectivity index (χ1n) is 10.2. The molecule has 7 nitrogen and oxygen atoms in total. The van der Waals surface area contributed by atoms with Gasteiger partial charge in [-0.25, -0.2) is 9.37 Å². The van der Waals surface area contributed by atoms with Crippen LogP contribution in [-0.4, -0.2) is 57.3 Å². The zero-order valence-corrected chi connectivity index (χ0v) is 18.8. The average molecular weight is 453 g/mol. The summed E-state index contributed by atoms with van der Waals surface area (Å²) in [6.07, 6.45) is 2.78. The highest BCUT2D eigenvalue weighted by molar-refractivity contribution is 6.06. The molecule has 0 fully saturated rings. The summed E-state index contributed by atoms with van der Waals surface area (Å²) in [5, 5.41) is 10.00. The Morgan fingerprint density at radius 3 is 2.36 bits per heavy atom. The van der Waals surface area contributed by atoms with Gasteiger partial charge in [0.05, 0.1) is 12.2 Å². The molecule has 3 N–H and O–H groups in total.